The van der Waals surface area contributed by atoms with Crippen molar-refractivity contribution < 1.29 is 13.7 Å². The lowest BCUT2D eigenvalue weighted by atomic mass is 9.96. The van der Waals surface area contributed by atoms with E-state index in [1.807, 2.05) is 12.1 Å². The molecule has 6 heteroatoms. The average Bonchev–Trinajstić information content (AvgIpc) is 3.06. The summed E-state index contributed by atoms with van der Waals surface area (Å²) in [4.78, 5) is 4.31. The number of rotatable bonds is 7. The molecule has 0 aliphatic heterocycles. The number of hydrogen-bond donors (Lipinski definition) is 1. The molecule has 0 radical (unpaired) electrons. The molecule has 0 aromatic carbocycles. The second-order valence-corrected chi connectivity index (χ2v) is 5.12. The molecule has 108 valence electrons. The summed E-state index contributed by atoms with van der Waals surface area (Å²) in [5.41, 5.74) is 6.00. The van der Waals surface area contributed by atoms with E-state index < -0.39 is 0 Å². The van der Waals surface area contributed by atoms with Crippen molar-refractivity contribution in [2.75, 3.05) is 6.61 Å². The minimum Gasteiger partial charge on any atom is -0.469 e. The molecule has 1 atom stereocenters. The quantitative estimate of drug-likeness (QED) is 0.833. The van der Waals surface area contributed by atoms with Crippen molar-refractivity contribution >= 4 is 0 Å². The Balaban J connectivity index is 1.47. The first-order valence-corrected chi connectivity index (χ1v) is 7.03. The maximum Gasteiger partial charge on any atom is 0.227 e. The zero-order valence-electron chi connectivity index (χ0n) is 11.3. The third-order valence-corrected chi connectivity index (χ3v) is 3.54. The first kappa shape index (κ1) is 13.3. The number of furan rings is 1. The highest BCUT2D eigenvalue weighted by atomic mass is 16.5. The SMILES string of the molecule is NC(COC1CCC1)c1noc(CCc2ccco2)n1. The molecule has 2 N–H and O–H groups in total. The van der Waals surface area contributed by atoms with Gasteiger partial charge >= 0.3 is 0 Å². The van der Waals surface area contributed by atoms with Crippen LogP contribution in [0.25, 0.3) is 0 Å². The first-order chi connectivity index (χ1) is 9.81. The Hall–Kier alpha value is -1.66. The maximum atomic E-state index is 6.00. The summed E-state index contributed by atoms with van der Waals surface area (Å²) in [6.07, 6.45) is 6.92. The Bertz CT molecular complexity index is 520. The van der Waals surface area contributed by atoms with Crippen molar-refractivity contribution in [3.63, 3.8) is 0 Å². The van der Waals surface area contributed by atoms with Crippen LogP contribution in [-0.2, 0) is 17.6 Å². The maximum absolute atomic E-state index is 6.00. The van der Waals surface area contributed by atoms with Crippen LogP contribution >= 0.6 is 0 Å². The predicted molar refractivity (Wildman–Crippen MR) is 70.9 cm³/mol. The van der Waals surface area contributed by atoms with Gasteiger partial charge in [-0.05, 0) is 31.4 Å². The zero-order chi connectivity index (χ0) is 13.8. The lowest BCUT2D eigenvalue weighted by Gasteiger charge is -2.26. The summed E-state index contributed by atoms with van der Waals surface area (Å²) >= 11 is 0. The lowest BCUT2D eigenvalue weighted by Crippen LogP contribution is -2.27. The lowest BCUT2D eigenvalue weighted by molar-refractivity contribution is -0.00549. The van der Waals surface area contributed by atoms with Gasteiger partial charge in [-0.1, -0.05) is 5.16 Å². The predicted octanol–water partition coefficient (Wildman–Crippen LogP) is 2.02. The second-order valence-electron chi connectivity index (χ2n) is 5.12. The molecule has 3 rings (SSSR count). The summed E-state index contributed by atoms with van der Waals surface area (Å²) < 4.78 is 16.1. The van der Waals surface area contributed by atoms with Crippen LogP contribution < -0.4 is 5.73 Å². The van der Waals surface area contributed by atoms with Crippen LogP contribution in [0.3, 0.4) is 0 Å². The molecule has 20 heavy (non-hydrogen) atoms. The monoisotopic (exact) mass is 277 g/mol. The van der Waals surface area contributed by atoms with Crippen LogP contribution in [0.2, 0.25) is 0 Å². The molecule has 2 aromatic heterocycles. The van der Waals surface area contributed by atoms with Gasteiger partial charge in [0.15, 0.2) is 5.82 Å². The third-order valence-electron chi connectivity index (χ3n) is 3.54. The van der Waals surface area contributed by atoms with Crippen molar-refractivity contribution in [1.29, 1.82) is 0 Å². The average molecular weight is 277 g/mol. The molecule has 2 heterocycles. The van der Waals surface area contributed by atoms with Crippen LogP contribution in [0, 0.1) is 0 Å². The molecule has 0 amide bonds. The standard InChI is InChI=1S/C14H19N3O3/c15-12(9-19-10-3-1-4-10)14-16-13(20-17-14)7-6-11-5-2-8-18-11/h2,5,8,10,12H,1,3-4,6-7,9,15H2. The summed E-state index contributed by atoms with van der Waals surface area (Å²) in [5.74, 6) is 2.00. The van der Waals surface area contributed by atoms with Crippen LogP contribution in [0.1, 0.15) is 42.8 Å². The summed E-state index contributed by atoms with van der Waals surface area (Å²) in [5, 5.41) is 3.92. The fraction of sp³-hybridized carbons (Fsp3) is 0.571. The molecular weight excluding hydrogens is 258 g/mol. The Morgan fingerprint density at radius 3 is 3.00 bits per heavy atom. The van der Waals surface area contributed by atoms with Gasteiger partial charge in [-0.25, -0.2) is 0 Å². The largest absolute Gasteiger partial charge is 0.469 e. The third kappa shape index (κ3) is 3.26. The highest BCUT2D eigenvalue weighted by Gasteiger charge is 2.21. The molecule has 1 aliphatic rings. The molecule has 0 bridgehead atoms. The fourth-order valence-electron chi connectivity index (χ4n) is 2.06. The van der Waals surface area contributed by atoms with E-state index in [-0.39, 0.29) is 6.04 Å². The van der Waals surface area contributed by atoms with E-state index in [1.54, 1.807) is 6.26 Å². The van der Waals surface area contributed by atoms with Crippen molar-refractivity contribution in [3.8, 4) is 0 Å². The highest BCUT2D eigenvalue weighted by molar-refractivity contribution is 5.01. The van der Waals surface area contributed by atoms with Crippen molar-refractivity contribution in [3.05, 3.63) is 35.9 Å². The van der Waals surface area contributed by atoms with Crippen molar-refractivity contribution in [1.82, 2.24) is 10.1 Å². The van der Waals surface area contributed by atoms with Gasteiger partial charge in [0.25, 0.3) is 0 Å². The van der Waals surface area contributed by atoms with Crippen LogP contribution in [0.5, 0.6) is 0 Å². The van der Waals surface area contributed by atoms with Gasteiger partial charge in [0, 0.05) is 12.8 Å². The summed E-state index contributed by atoms with van der Waals surface area (Å²) in [6, 6.07) is 3.47. The zero-order valence-corrected chi connectivity index (χ0v) is 11.3. The van der Waals surface area contributed by atoms with Crippen molar-refractivity contribution in [2.24, 2.45) is 5.73 Å². The topological polar surface area (TPSA) is 87.3 Å². The molecule has 2 aromatic rings. The number of nitrogens with zero attached hydrogens (tertiary/aromatic N) is 2. The van der Waals surface area contributed by atoms with Crippen LogP contribution in [-0.4, -0.2) is 22.9 Å². The second kappa shape index (κ2) is 6.19. The van der Waals surface area contributed by atoms with Crippen molar-refractivity contribution in [2.45, 2.75) is 44.2 Å². The molecule has 0 saturated heterocycles. The molecule has 1 saturated carbocycles. The van der Waals surface area contributed by atoms with Crippen LogP contribution in [0.15, 0.2) is 27.3 Å². The molecule has 0 spiro atoms. The number of aromatic nitrogens is 2. The van der Waals surface area contributed by atoms with E-state index in [0.29, 0.717) is 30.8 Å². The van der Waals surface area contributed by atoms with E-state index in [1.165, 1.54) is 6.42 Å². The summed E-state index contributed by atoms with van der Waals surface area (Å²) in [7, 11) is 0. The molecule has 1 aliphatic carbocycles. The Morgan fingerprint density at radius 1 is 1.40 bits per heavy atom. The number of nitrogens with two attached hydrogens (primary N) is 1. The van der Waals surface area contributed by atoms with E-state index in [9.17, 15) is 0 Å². The molecule has 1 unspecified atom stereocenters. The van der Waals surface area contributed by atoms with Gasteiger partial charge in [-0.15, -0.1) is 0 Å². The smallest absolute Gasteiger partial charge is 0.227 e. The van der Waals surface area contributed by atoms with Gasteiger partial charge in [-0.2, -0.15) is 4.98 Å². The van der Waals surface area contributed by atoms with Crippen LogP contribution in [0.4, 0.5) is 0 Å². The van der Waals surface area contributed by atoms with E-state index in [0.717, 1.165) is 25.0 Å². The van der Waals surface area contributed by atoms with Gasteiger partial charge < -0.3 is 19.4 Å². The minimum absolute atomic E-state index is 0.322. The number of aryl methyl sites for hydroxylation is 2. The first-order valence-electron chi connectivity index (χ1n) is 7.03. The number of hydrogen-bond acceptors (Lipinski definition) is 6. The Kier molecular flexibility index (Phi) is 4.13. The van der Waals surface area contributed by atoms with Gasteiger partial charge in [0.05, 0.1) is 25.0 Å². The van der Waals surface area contributed by atoms with E-state index in [4.69, 9.17) is 19.4 Å². The van der Waals surface area contributed by atoms with Gasteiger partial charge in [0.2, 0.25) is 5.89 Å². The van der Waals surface area contributed by atoms with E-state index in [2.05, 4.69) is 10.1 Å². The Labute approximate surface area is 117 Å². The van der Waals surface area contributed by atoms with Gasteiger partial charge in [-0.3, -0.25) is 0 Å². The molecular formula is C14H19N3O3. The van der Waals surface area contributed by atoms with Gasteiger partial charge in [0.1, 0.15) is 5.76 Å². The fourth-order valence-corrected chi connectivity index (χ4v) is 2.06. The highest BCUT2D eigenvalue weighted by Crippen LogP contribution is 2.23. The normalized spacial score (nSPS) is 17.1. The number of ether oxygens (including phenoxy) is 1. The molecule has 6 nitrogen and oxygen atoms in total. The Morgan fingerprint density at radius 2 is 2.30 bits per heavy atom. The van der Waals surface area contributed by atoms with E-state index >= 15 is 0 Å². The summed E-state index contributed by atoms with van der Waals surface area (Å²) in [6.45, 7) is 0.446. The molecule has 1 fully saturated rings. The minimum atomic E-state index is -0.322.